The van der Waals surface area contributed by atoms with Crippen LogP contribution in [0.3, 0.4) is 0 Å². The van der Waals surface area contributed by atoms with E-state index in [0.717, 1.165) is 72.5 Å². The molecule has 0 saturated carbocycles. The highest BCUT2D eigenvalue weighted by atomic mass is 16.3. The molecular formula is C54H36N2O. The lowest BCUT2D eigenvalue weighted by molar-refractivity contribution is 0.670. The smallest absolute Gasteiger partial charge is 0.143 e. The molecule has 3 nitrogen and oxygen atoms in total. The van der Waals surface area contributed by atoms with Crippen molar-refractivity contribution in [3.05, 3.63) is 218 Å². The number of benzene rings is 9. The van der Waals surface area contributed by atoms with E-state index >= 15 is 0 Å². The van der Waals surface area contributed by atoms with Crippen molar-refractivity contribution >= 4 is 60.8 Å². The van der Waals surface area contributed by atoms with Gasteiger partial charge in [0.05, 0.1) is 16.7 Å². The molecule has 2 aromatic heterocycles. The second-order valence-electron chi connectivity index (χ2n) is 14.5. The highest BCUT2D eigenvalue weighted by molar-refractivity contribution is 6.11. The Bertz CT molecular complexity index is 3220. The van der Waals surface area contributed by atoms with Crippen molar-refractivity contribution in [2.45, 2.75) is 0 Å². The predicted molar refractivity (Wildman–Crippen MR) is 239 cm³/mol. The van der Waals surface area contributed by atoms with Gasteiger partial charge in [0.15, 0.2) is 0 Å². The third-order valence-electron chi connectivity index (χ3n) is 11.2. The molecule has 0 aliphatic carbocycles. The van der Waals surface area contributed by atoms with Gasteiger partial charge >= 0.3 is 0 Å². The molecule has 0 spiro atoms. The fourth-order valence-electron chi connectivity index (χ4n) is 8.54. The zero-order valence-electron chi connectivity index (χ0n) is 31.1. The van der Waals surface area contributed by atoms with Crippen LogP contribution in [0.1, 0.15) is 0 Å². The number of anilines is 3. The molecule has 0 fully saturated rings. The summed E-state index contributed by atoms with van der Waals surface area (Å²) in [7, 11) is 0. The Hall–Kier alpha value is -7.62. The van der Waals surface area contributed by atoms with E-state index < -0.39 is 0 Å². The van der Waals surface area contributed by atoms with Crippen LogP contribution >= 0.6 is 0 Å². The van der Waals surface area contributed by atoms with E-state index in [-0.39, 0.29) is 0 Å². The van der Waals surface area contributed by atoms with Gasteiger partial charge in [-0.15, -0.1) is 0 Å². The molecule has 57 heavy (non-hydrogen) atoms. The maximum atomic E-state index is 6.55. The monoisotopic (exact) mass is 728 g/mol. The number of nitrogens with zero attached hydrogens (tertiary/aromatic N) is 2. The summed E-state index contributed by atoms with van der Waals surface area (Å²) in [5.41, 5.74) is 15.3. The molecule has 2 heterocycles. The number of aromatic nitrogens is 1. The number of hydrogen-bond donors (Lipinski definition) is 0. The molecule has 3 heteroatoms. The molecule has 9 aromatic carbocycles. The highest BCUT2D eigenvalue weighted by Crippen LogP contribution is 2.46. The van der Waals surface area contributed by atoms with Gasteiger partial charge in [0.1, 0.15) is 11.2 Å². The average Bonchev–Trinajstić information content (AvgIpc) is 3.83. The molecule has 0 amide bonds. The quantitative estimate of drug-likeness (QED) is 0.163. The minimum Gasteiger partial charge on any atom is -0.455 e. The molecule has 0 saturated heterocycles. The van der Waals surface area contributed by atoms with Crippen molar-refractivity contribution < 1.29 is 4.42 Å². The summed E-state index contributed by atoms with van der Waals surface area (Å²) in [5, 5.41) is 4.70. The van der Waals surface area contributed by atoms with Crippen LogP contribution in [0.4, 0.5) is 17.1 Å². The Morgan fingerprint density at radius 3 is 1.74 bits per heavy atom. The van der Waals surface area contributed by atoms with Gasteiger partial charge in [-0.25, -0.2) is 0 Å². The van der Waals surface area contributed by atoms with Crippen molar-refractivity contribution in [2.24, 2.45) is 0 Å². The minimum atomic E-state index is 0.897. The van der Waals surface area contributed by atoms with E-state index in [2.05, 4.69) is 216 Å². The van der Waals surface area contributed by atoms with Gasteiger partial charge in [0, 0.05) is 49.7 Å². The minimum absolute atomic E-state index is 0.897. The first-order valence-electron chi connectivity index (χ1n) is 19.4. The Balaban J connectivity index is 1.16. The van der Waals surface area contributed by atoms with Gasteiger partial charge in [-0.05, 0) is 82.9 Å². The number of hydrogen-bond acceptors (Lipinski definition) is 2. The number of furan rings is 1. The first kappa shape index (κ1) is 32.8. The zero-order valence-corrected chi connectivity index (χ0v) is 31.1. The van der Waals surface area contributed by atoms with Gasteiger partial charge in [-0.2, -0.15) is 0 Å². The second-order valence-corrected chi connectivity index (χ2v) is 14.5. The van der Waals surface area contributed by atoms with Crippen LogP contribution < -0.4 is 4.90 Å². The van der Waals surface area contributed by atoms with Crippen LogP contribution in [-0.4, -0.2) is 4.57 Å². The molecule has 0 bridgehead atoms. The van der Waals surface area contributed by atoms with Gasteiger partial charge in [-0.1, -0.05) is 158 Å². The van der Waals surface area contributed by atoms with Crippen molar-refractivity contribution in [1.29, 1.82) is 0 Å². The summed E-state index contributed by atoms with van der Waals surface area (Å²) >= 11 is 0. The van der Waals surface area contributed by atoms with Crippen LogP contribution in [0, 0.1) is 0 Å². The molecule has 268 valence electrons. The van der Waals surface area contributed by atoms with E-state index in [1.807, 2.05) is 12.1 Å². The average molecular weight is 729 g/mol. The largest absolute Gasteiger partial charge is 0.455 e. The van der Waals surface area contributed by atoms with E-state index in [1.54, 1.807) is 0 Å². The summed E-state index contributed by atoms with van der Waals surface area (Å²) in [6, 6.07) is 78.2. The topological polar surface area (TPSA) is 21.3 Å². The number of rotatable bonds is 7. The van der Waals surface area contributed by atoms with Gasteiger partial charge in [0.2, 0.25) is 0 Å². The van der Waals surface area contributed by atoms with Crippen LogP contribution in [0.2, 0.25) is 0 Å². The third-order valence-corrected chi connectivity index (χ3v) is 11.2. The summed E-state index contributed by atoms with van der Waals surface area (Å²) in [6.07, 6.45) is 0. The van der Waals surface area contributed by atoms with Gasteiger partial charge < -0.3 is 13.9 Å². The number of para-hydroxylation sites is 4. The summed E-state index contributed by atoms with van der Waals surface area (Å²) in [5.74, 6) is 0. The lowest BCUT2D eigenvalue weighted by Crippen LogP contribution is -2.11. The van der Waals surface area contributed by atoms with Gasteiger partial charge in [0.25, 0.3) is 0 Å². The van der Waals surface area contributed by atoms with E-state index in [9.17, 15) is 0 Å². The summed E-state index contributed by atoms with van der Waals surface area (Å²) in [4.78, 5) is 2.41. The SMILES string of the molecule is c1ccc(-c2ccc(N(c3ccc4c5ccccc5n(-c5ccccc5)c4c3)c3ccc(-c4cccc5c4oc4ccccc45)cc3-c3ccccc3)cc2)cc1. The Kier molecular flexibility index (Phi) is 7.82. The van der Waals surface area contributed by atoms with E-state index in [1.165, 1.54) is 27.4 Å². The first-order chi connectivity index (χ1) is 28.3. The predicted octanol–water partition coefficient (Wildman–Crippen LogP) is 15.2. The van der Waals surface area contributed by atoms with Crippen molar-refractivity contribution in [2.75, 3.05) is 4.90 Å². The molecule has 0 N–H and O–H groups in total. The summed E-state index contributed by atoms with van der Waals surface area (Å²) < 4.78 is 8.94. The molecule has 0 aliphatic rings. The molecular weight excluding hydrogens is 693 g/mol. The molecule has 11 aromatic rings. The standard InChI is InChI=1S/C54H36N2O/c1-4-15-37(16-5-1)38-27-30-42(31-28-38)55(43-32-33-46-45-21-10-12-25-50(45)56(52(46)36-43)41-19-8-3-9-20-41)51-34-29-40(35-49(51)39-17-6-2-7-18-39)44-23-14-24-48-47-22-11-13-26-53(47)57-54(44)48/h1-36H. The van der Waals surface area contributed by atoms with Crippen LogP contribution in [-0.2, 0) is 0 Å². The van der Waals surface area contributed by atoms with Crippen LogP contribution in [0.5, 0.6) is 0 Å². The van der Waals surface area contributed by atoms with Crippen LogP contribution in [0.15, 0.2) is 223 Å². The van der Waals surface area contributed by atoms with Crippen molar-refractivity contribution in [3.8, 4) is 39.1 Å². The molecule has 0 aliphatic heterocycles. The van der Waals surface area contributed by atoms with E-state index in [0.29, 0.717) is 0 Å². The van der Waals surface area contributed by atoms with Gasteiger partial charge in [-0.3, -0.25) is 0 Å². The third kappa shape index (κ3) is 5.60. The molecule has 0 radical (unpaired) electrons. The second kappa shape index (κ2) is 13.6. The van der Waals surface area contributed by atoms with Crippen molar-refractivity contribution in [3.63, 3.8) is 0 Å². The summed E-state index contributed by atoms with van der Waals surface area (Å²) in [6.45, 7) is 0. The number of fused-ring (bicyclic) bond motifs is 6. The maximum Gasteiger partial charge on any atom is 0.143 e. The Morgan fingerprint density at radius 1 is 0.351 bits per heavy atom. The lowest BCUT2D eigenvalue weighted by Gasteiger charge is -2.29. The Labute approximate surface area is 330 Å². The van der Waals surface area contributed by atoms with Crippen molar-refractivity contribution in [1.82, 2.24) is 4.57 Å². The lowest BCUT2D eigenvalue weighted by atomic mass is 9.95. The fraction of sp³-hybridized carbons (Fsp3) is 0. The Morgan fingerprint density at radius 2 is 0.947 bits per heavy atom. The zero-order chi connectivity index (χ0) is 37.7. The molecule has 0 unspecified atom stereocenters. The molecule has 0 atom stereocenters. The van der Waals surface area contributed by atoms with Crippen LogP contribution in [0.25, 0.3) is 82.8 Å². The normalized spacial score (nSPS) is 11.5. The highest BCUT2D eigenvalue weighted by Gasteiger charge is 2.22. The fourth-order valence-corrected chi connectivity index (χ4v) is 8.54. The molecule has 11 rings (SSSR count). The van der Waals surface area contributed by atoms with E-state index in [4.69, 9.17) is 4.42 Å². The first-order valence-corrected chi connectivity index (χ1v) is 19.4. The maximum absolute atomic E-state index is 6.55.